The molecule has 0 unspecified atom stereocenters. The van der Waals surface area contributed by atoms with Gasteiger partial charge in [0, 0.05) is 10.1 Å². The number of phenolic OH excluding ortho intramolecular Hbond substituents is 1. The molecule has 0 heterocycles. The van der Waals surface area contributed by atoms with Crippen LogP contribution in [-0.2, 0) is 0 Å². The smallest absolute Gasteiger partial charge is 0.255 e. The third kappa shape index (κ3) is 3.41. The van der Waals surface area contributed by atoms with Crippen LogP contribution in [-0.4, -0.2) is 17.6 Å². The van der Waals surface area contributed by atoms with Gasteiger partial charge in [0.05, 0.1) is 5.56 Å². The first-order chi connectivity index (χ1) is 9.06. The minimum Gasteiger partial charge on any atom is -0.507 e. The average Bonchev–Trinajstić information content (AvgIpc) is 2.88. The molecule has 0 aromatic heterocycles. The van der Waals surface area contributed by atoms with Crippen LogP contribution in [0.15, 0.2) is 18.2 Å². The van der Waals surface area contributed by atoms with E-state index in [0.717, 1.165) is 9.99 Å². The first-order valence-electron chi connectivity index (χ1n) is 6.83. The Morgan fingerprint density at radius 3 is 2.74 bits per heavy atom. The Bertz CT molecular complexity index is 467. The number of hydrogen-bond acceptors (Lipinski definition) is 2. The number of rotatable bonds is 4. The summed E-state index contributed by atoms with van der Waals surface area (Å²) in [4.78, 5) is 12.2. The van der Waals surface area contributed by atoms with Gasteiger partial charge in [-0.05, 0) is 65.5 Å². The highest BCUT2D eigenvalue weighted by molar-refractivity contribution is 14.1. The van der Waals surface area contributed by atoms with Crippen molar-refractivity contribution in [2.75, 3.05) is 6.54 Å². The Balaban J connectivity index is 2.03. The minimum atomic E-state index is -0.171. The number of nitrogens with one attached hydrogen (secondary N) is 1. The molecule has 0 atom stereocenters. The van der Waals surface area contributed by atoms with Gasteiger partial charge in [0.1, 0.15) is 5.75 Å². The lowest BCUT2D eigenvalue weighted by molar-refractivity contribution is 0.0926. The number of phenols is 1. The van der Waals surface area contributed by atoms with E-state index in [4.69, 9.17) is 0 Å². The van der Waals surface area contributed by atoms with Crippen molar-refractivity contribution in [3.8, 4) is 5.75 Å². The van der Waals surface area contributed by atoms with E-state index in [1.807, 2.05) is 0 Å². The molecule has 104 valence electrons. The Kier molecular flexibility index (Phi) is 4.71. The predicted molar refractivity (Wildman–Crippen MR) is 84.3 cm³/mol. The maximum absolute atomic E-state index is 12.2. The fourth-order valence-electron chi connectivity index (χ4n) is 2.83. The Hall–Kier alpha value is -0.780. The monoisotopic (exact) mass is 373 g/mol. The average molecular weight is 373 g/mol. The van der Waals surface area contributed by atoms with E-state index in [1.54, 1.807) is 18.2 Å². The van der Waals surface area contributed by atoms with Gasteiger partial charge >= 0.3 is 0 Å². The van der Waals surface area contributed by atoms with Gasteiger partial charge in [-0.2, -0.15) is 0 Å². The van der Waals surface area contributed by atoms with Crippen molar-refractivity contribution in [3.63, 3.8) is 0 Å². The molecule has 2 N–H and O–H groups in total. The van der Waals surface area contributed by atoms with Gasteiger partial charge in [-0.25, -0.2) is 0 Å². The molecule has 3 nitrogen and oxygen atoms in total. The molecule has 4 heteroatoms. The highest BCUT2D eigenvalue weighted by atomic mass is 127. The van der Waals surface area contributed by atoms with Crippen LogP contribution >= 0.6 is 22.6 Å². The maximum Gasteiger partial charge on any atom is 0.255 e. The second-order valence-corrected chi connectivity index (χ2v) is 6.65. The largest absolute Gasteiger partial charge is 0.507 e. The van der Waals surface area contributed by atoms with Gasteiger partial charge in [0.25, 0.3) is 5.91 Å². The van der Waals surface area contributed by atoms with E-state index >= 15 is 0 Å². The summed E-state index contributed by atoms with van der Waals surface area (Å²) in [5.74, 6) is -0.120. The van der Waals surface area contributed by atoms with Crippen molar-refractivity contribution in [2.45, 2.75) is 39.0 Å². The quantitative estimate of drug-likeness (QED) is 0.791. The molecule has 1 saturated carbocycles. The summed E-state index contributed by atoms with van der Waals surface area (Å²) < 4.78 is 0.951. The Morgan fingerprint density at radius 1 is 1.42 bits per heavy atom. The Morgan fingerprint density at radius 2 is 2.11 bits per heavy atom. The van der Waals surface area contributed by atoms with Crippen LogP contribution in [0.3, 0.4) is 0 Å². The van der Waals surface area contributed by atoms with Crippen molar-refractivity contribution in [1.29, 1.82) is 0 Å². The predicted octanol–water partition coefficient (Wildman–Crippen LogP) is 3.70. The number of hydrogen-bond donors (Lipinski definition) is 2. The van der Waals surface area contributed by atoms with Crippen LogP contribution < -0.4 is 5.32 Å². The molecular formula is C15H20INO2. The van der Waals surface area contributed by atoms with Gasteiger partial charge in [-0.15, -0.1) is 0 Å². The van der Waals surface area contributed by atoms with Crippen molar-refractivity contribution in [1.82, 2.24) is 5.32 Å². The van der Waals surface area contributed by atoms with Gasteiger partial charge in [0.2, 0.25) is 0 Å². The molecule has 1 aromatic rings. The normalized spacial score (nSPS) is 17.4. The Labute approximate surface area is 127 Å². The summed E-state index contributed by atoms with van der Waals surface area (Å²) in [5, 5.41) is 12.8. The van der Waals surface area contributed by atoms with Crippen LogP contribution in [0.2, 0.25) is 0 Å². The summed E-state index contributed by atoms with van der Waals surface area (Å²) in [5.41, 5.74) is 0.642. The molecule has 0 aliphatic heterocycles. The van der Waals surface area contributed by atoms with E-state index in [0.29, 0.717) is 12.1 Å². The maximum atomic E-state index is 12.2. The SMILES string of the molecule is CCC1(CNC(=O)c2cc(I)ccc2O)CCCC1. The van der Waals surface area contributed by atoms with E-state index in [1.165, 1.54) is 25.7 Å². The minimum absolute atomic E-state index is 0.0508. The number of amides is 1. The molecule has 19 heavy (non-hydrogen) atoms. The van der Waals surface area contributed by atoms with E-state index in [-0.39, 0.29) is 17.1 Å². The van der Waals surface area contributed by atoms with E-state index in [2.05, 4.69) is 34.8 Å². The van der Waals surface area contributed by atoms with E-state index < -0.39 is 0 Å². The number of carbonyl (C=O) groups is 1. The van der Waals surface area contributed by atoms with Crippen LogP contribution in [0.1, 0.15) is 49.4 Å². The van der Waals surface area contributed by atoms with Gasteiger partial charge in [0.15, 0.2) is 0 Å². The summed E-state index contributed by atoms with van der Waals surface area (Å²) in [6.07, 6.45) is 6.02. The molecule has 1 amide bonds. The van der Waals surface area contributed by atoms with Crippen LogP contribution in [0, 0.1) is 8.99 Å². The fourth-order valence-corrected chi connectivity index (χ4v) is 3.32. The topological polar surface area (TPSA) is 49.3 Å². The zero-order valence-electron chi connectivity index (χ0n) is 11.2. The molecule has 0 bridgehead atoms. The molecule has 0 radical (unpaired) electrons. The lowest BCUT2D eigenvalue weighted by atomic mass is 9.83. The van der Waals surface area contributed by atoms with Crippen molar-refractivity contribution >= 4 is 28.5 Å². The van der Waals surface area contributed by atoms with Crippen molar-refractivity contribution in [2.24, 2.45) is 5.41 Å². The van der Waals surface area contributed by atoms with Gasteiger partial charge in [-0.1, -0.05) is 19.8 Å². The lowest BCUT2D eigenvalue weighted by Crippen LogP contribution is -2.35. The highest BCUT2D eigenvalue weighted by Gasteiger charge is 2.32. The molecule has 2 rings (SSSR count). The van der Waals surface area contributed by atoms with Crippen LogP contribution in [0.25, 0.3) is 0 Å². The van der Waals surface area contributed by atoms with Crippen molar-refractivity contribution in [3.05, 3.63) is 27.3 Å². The molecule has 1 aliphatic carbocycles. The van der Waals surface area contributed by atoms with Gasteiger partial charge < -0.3 is 10.4 Å². The molecular weight excluding hydrogens is 353 g/mol. The molecule has 0 saturated heterocycles. The molecule has 1 fully saturated rings. The summed E-state index contributed by atoms with van der Waals surface area (Å²) in [6, 6.07) is 5.08. The highest BCUT2D eigenvalue weighted by Crippen LogP contribution is 2.40. The number of halogens is 1. The first-order valence-corrected chi connectivity index (χ1v) is 7.91. The zero-order valence-corrected chi connectivity index (χ0v) is 13.4. The van der Waals surface area contributed by atoms with Crippen LogP contribution in [0.4, 0.5) is 0 Å². The van der Waals surface area contributed by atoms with Crippen molar-refractivity contribution < 1.29 is 9.90 Å². The summed E-state index contributed by atoms with van der Waals surface area (Å²) in [6.45, 7) is 2.91. The van der Waals surface area contributed by atoms with E-state index in [9.17, 15) is 9.90 Å². The second kappa shape index (κ2) is 6.11. The number of aromatic hydroxyl groups is 1. The zero-order chi connectivity index (χ0) is 13.9. The summed E-state index contributed by atoms with van der Waals surface area (Å²) in [7, 11) is 0. The molecule has 1 aromatic carbocycles. The third-order valence-electron chi connectivity index (χ3n) is 4.24. The first kappa shape index (κ1) is 14.6. The lowest BCUT2D eigenvalue weighted by Gasteiger charge is -2.27. The molecule has 0 spiro atoms. The third-order valence-corrected chi connectivity index (χ3v) is 4.91. The standard InChI is InChI=1S/C15H20INO2/c1-2-15(7-3-4-8-15)10-17-14(19)12-9-11(16)5-6-13(12)18/h5-6,9,18H,2-4,7-8,10H2,1H3,(H,17,19). The fraction of sp³-hybridized carbons (Fsp3) is 0.533. The van der Waals surface area contributed by atoms with Crippen LogP contribution in [0.5, 0.6) is 5.75 Å². The second-order valence-electron chi connectivity index (χ2n) is 5.40. The number of carbonyl (C=O) groups excluding carboxylic acids is 1. The molecule has 1 aliphatic rings. The summed E-state index contributed by atoms with van der Waals surface area (Å²) >= 11 is 2.14. The van der Waals surface area contributed by atoms with Gasteiger partial charge in [-0.3, -0.25) is 4.79 Å². The number of benzene rings is 1.